The number of Topliss-reactive ketones (excluding diaryl/α,β-unsaturated/α-hetero) is 1. The lowest BCUT2D eigenvalue weighted by Crippen LogP contribution is -1.94. The lowest BCUT2D eigenvalue weighted by Gasteiger charge is -2.00. The molecule has 0 bridgehead atoms. The molecule has 0 radical (unpaired) electrons. The molecule has 17 heavy (non-hydrogen) atoms. The number of aromatic nitrogens is 1. The van der Waals surface area contributed by atoms with Gasteiger partial charge in [-0.05, 0) is 25.1 Å². The van der Waals surface area contributed by atoms with Gasteiger partial charge >= 0.3 is 0 Å². The summed E-state index contributed by atoms with van der Waals surface area (Å²) in [5.74, 6) is 0.593. The van der Waals surface area contributed by atoms with Crippen molar-refractivity contribution in [1.82, 2.24) is 4.98 Å². The first-order chi connectivity index (χ1) is 7.99. The molecule has 0 aliphatic carbocycles. The number of hydrogen-bond acceptors (Lipinski definition) is 4. The maximum atomic E-state index is 11.3. The molecule has 5 heteroatoms. The molecule has 1 aromatic carbocycles. The third-order valence-electron chi connectivity index (χ3n) is 2.32. The number of ketones is 1. The fourth-order valence-electron chi connectivity index (χ4n) is 1.52. The molecule has 0 aliphatic heterocycles. The van der Waals surface area contributed by atoms with E-state index in [2.05, 4.69) is 20.9 Å². The zero-order valence-electron chi connectivity index (χ0n) is 9.32. The van der Waals surface area contributed by atoms with Crippen LogP contribution in [0, 0.1) is 6.92 Å². The molecule has 2 rings (SSSR count). The van der Waals surface area contributed by atoms with E-state index in [1.807, 2.05) is 0 Å². The Hall–Kier alpha value is -1.62. The van der Waals surface area contributed by atoms with Crippen LogP contribution in [0.3, 0.4) is 0 Å². The summed E-state index contributed by atoms with van der Waals surface area (Å²) in [6.07, 6.45) is 0. The lowest BCUT2D eigenvalue weighted by molar-refractivity contribution is 0.101. The van der Waals surface area contributed by atoms with Gasteiger partial charge in [0.2, 0.25) is 5.89 Å². The van der Waals surface area contributed by atoms with Crippen molar-refractivity contribution in [1.29, 1.82) is 0 Å². The van der Waals surface area contributed by atoms with Gasteiger partial charge in [-0.15, -0.1) is 0 Å². The zero-order chi connectivity index (χ0) is 12.6. The smallest absolute Gasteiger partial charge is 0.230 e. The molecule has 0 saturated carbocycles. The molecule has 4 nitrogen and oxygen atoms in total. The molecule has 0 amide bonds. The maximum Gasteiger partial charge on any atom is 0.230 e. The van der Waals surface area contributed by atoms with Crippen molar-refractivity contribution in [3.05, 3.63) is 34.1 Å². The number of halogens is 1. The molecule has 2 aromatic rings. The number of oxazole rings is 1. The predicted octanol–water partition coefficient (Wildman–Crippen LogP) is 3.32. The summed E-state index contributed by atoms with van der Waals surface area (Å²) in [6, 6.07) is 4.93. The Labute approximate surface area is 106 Å². The van der Waals surface area contributed by atoms with Gasteiger partial charge in [0.25, 0.3) is 0 Å². The van der Waals surface area contributed by atoms with E-state index in [-0.39, 0.29) is 17.4 Å². The minimum Gasteiger partial charge on any atom is -0.507 e. The summed E-state index contributed by atoms with van der Waals surface area (Å²) in [5, 5.41) is 9.72. The number of nitrogens with zero attached hydrogens (tertiary/aromatic N) is 1. The number of aryl methyl sites for hydroxylation is 1. The van der Waals surface area contributed by atoms with E-state index in [0.29, 0.717) is 17.0 Å². The molecule has 88 valence electrons. The van der Waals surface area contributed by atoms with Crippen molar-refractivity contribution in [2.75, 3.05) is 0 Å². The molecule has 1 heterocycles. The van der Waals surface area contributed by atoms with Gasteiger partial charge in [-0.3, -0.25) is 4.79 Å². The van der Waals surface area contributed by atoms with Gasteiger partial charge in [0, 0.05) is 11.4 Å². The minimum atomic E-state index is -0.160. The number of phenols is 1. The highest BCUT2D eigenvalue weighted by Gasteiger charge is 2.17. The van der Waals surface area contributed by atoms with Crippen molar-refractivity contribution in [2.45, 2.75) is 13.8 Å². The van der Waals surface area contributed by atoms with Crippen LogP contribution in [0.1, 0.15) is 23.2 Å². The molecule has 0 aliphatic rings. The van der Waals surface area contributed by atoms with Gasteiger partial charge < -0.3 is 9.52 Å². The van der Waals surface area contributed by atoms with Crippen LogP contribution in [0.15, 0.2) is 27.1 Å². The summed E-state index contributed by atoms with van der Waals surface area (Å²) in [7, 11) is 0. The van der Waals surface area contributed by atoms with Crippen molar-refractivity contribution < 1.29 is 14.3 Å². The fourth-order valence-corrected chi connectivity index (χ4v) is 1.88. The van der Waals surface area contributed by atoms with Crippen LogP contribution in [0.25, 0.3) is 11.5 Å². The molecule has 1 N–H and O–H groups in total. The number of carbonyl (C=O) groups is 1. The van der Waals surface area contributed by atoms with E-state index in [1.165, 1.54) is 13.0 Å². The number of phenolic OH excluding ortho intramolecular Hbond substituents is 1. The predicted molar refractivity (Wildman–Crippen MR) is 66.0 cm³/mol. The molecule has 0 atom stereocenters. The minimum absolute atomic E-state index is 0.0598. The maximum absolute atomic E-state index is 11.3. The number of benzene rings is 1. The monoisotopic (exact) mass is 295 g/mol. The number of hydrogen-bond donors (Lipinski definition) is 1. The van der Waals surface area contributed by atoms with E-state index in [1.54, 1.807) is 19.1 Å². The number of carbonyl (C=O) groups excluding carboxylic acids is 1. The van der Waals surface area contributed by atoms with Gasteiger partial charge in [-0.25, -0.2) is 4.98 Å². The Morgan fingerprint density at radius 2 is 2.18 bits per heavy atom. The van der Waals surface area contributed by atoms with Crippen LogP contribution in [0.4, 0.5) is 0 Å². The SMILES string of the molecule is CC(=O)c1nc(-c2cc(Br)ccc2O)oc1C. The highest BCUT2D eigenvalue weighted by molar-refractivity contribution is 9.10. The lowest BCUT2D eigenvalue weighted by atomic mass is 10.2. The van der Waals surface area contributed by atoms with E-state index in [0.717, 1.165) is 4.47 Å². The van der Waals surface area contributed by atoms with Crippen LogP contribution in [0.5, 0.6) is 5.75 Å². The van der Waals surface area contributed by atoms with E-state index in [9.17, 15) is 9.90 Å². The molecule has 0 unspecified atom stereocenters. The van der Waals surface area contributed by atoms with Gasteiger partial charge in [-0.1, -0.05) is 15.9 Å². The Morgan fingerprint density at radius 3 is 2.76 bits per heavy atom. The Balaban J connectivity index is 2.57. The van der Waals surface area contributed by atoms with Crippen LogP contribution >= 0.6 is 15.9 Å². The summed E-state index contributed by atoms with van der Waals surface area (Å²) in [5.41, 5.74) is 0.745. The van der Waals surface area contributed by atoms with Crippen molar-refractivity contribution in [3.8, 4) is 17.2 Å². The van der Waals surface area contributed by atoms with Gasteiger partial charge in [-0.2, -0.15) is 0 Å². The highest BCUT2D eigenvalue weighted by atomic mass is 79.9. The van der Waals surface area contributed by atoms with E-state index >= 15 is 0 Å². The van der Waals surface area contributed by atoms with Gasteiger partial charge in [0.1, 0.15) is 17.2 Å². The first kappa shape index (κ1) is 11.9. The molecular formula is C12H10BrNO3. The third kappa shape index (κ3) is 2.24. The summed E-state index contributed by atoms with van der Waals surface area (Å²) in [4.78, 5) is 15.4. The Kier molecular flexibility index (Phi) is 3.02. The topological polar surface area (TPSA) is 63.3 Å². The summed E-state index contributed by atoms with van der Waals surface area (Å²) in [6.45, 7) is 3.09. The second-order valence-electron chi connectivity index (χ2n) is 3.64. The first-order valence-corrected chi connectivity index (χ1v) is 5.75. The van der Waals surface area contributed by atoms with Crippen molar-refractivity contribution in [3.63, 3.8) is 0 Å². The van der Waals surface area contributed by atoms with Crippen LogP contribution in [-0.4, -0.2) is 15.9 Å². The van der Waals surface area contributed by atoms with Crippen LogP contribution < -0.4 is 0 Å². The third-order valence-corrected chi connectivity index (χ3v) is 2.81. The average Bonchev–Trinajstić information content (AvgIpc) is 2.64. The molecule has 0 fully saturated rings. The Morgan fingerprint density at radius 1 is 1.47 bits per heavy atom. The number of rotatable bonds is 2. The highest BCUT2D eigenvalue weighted by Crippen LogP contribution is 2.32. The standard InChI is InChI=1S/C12H10BrNO3/c1-6(15)11-7(2)17-12(14-11)9-5-8(13)3-4-10(9)16/h3-5,16H,1-2H3. The Bertz CT molecular complexity index is 589. The van der Waals surface area contributed by atoms with Gasteiger partial charge in [0.15, 0.2) is 5.78 Å². The molecule has 1 aromatic heterocycles. The van der Waals surface area contributed by atoms with Crippen molar-refractivity contribution >= 4 is 21.7 Å². The van der Waals surface area contributed by atoms with Crippen molar-refractivity contribution in [2.24, 2.45) is 0 Å². The summed E-state index contributed by atoms with van der Waals surface area (Å²) < 4.78 is 6.18. The zero-order valence-corrected chi connectivity index (χ0v) is 10.9. The van der Waals surface area contributed by atoms with E-state index < -0.39 is 0 Å². The second-order valence-corrected chi connectivity index (χ2v) is 4.56. The number of aromatic hydroxyl groups is 1. The van der Waals surface area contributed by atoms with E-state index in [4.69, 9.17) is 4.42 Å². The average molecular weight is 296 g/mol. The quantitative estimate of drug-likeness (QED) is 0.863. The van der Waals surface area contributed by atoms with Crippen LogP contribution in [0.2, 0.25) is 0 Å². The largest absolute Gasteiger partial charge is 0.507 e. The molecular weight excluding hydrogens is 286 g/mol. The second kappa shape index (κ2) is 4.33. The normalized spacial score (nSPS) is 10.5. The summed E-state index contributed by atoms with van der Waals surface area (Å²) >= 11 is 3.30. The van der Waals surface area contributed by atoms with Gasteiger partial charge in [0.05, 0.1) is 5.56 Å². The van der Waals surface area contributed by atoms with Crippen LogP contribution in [-0.2, 0) is 0 Å². The fraction of sp³-hybridized carbons (Fsp3) is 0.167. The molecule has 0 saturated heterocycles. The first-order valence-electron chi connectivity index (χ1n) is 4.96. The molecule has 0 spiro atoms.